The van der Waals surface area contributed by atoms with Crippen molar-refractivity contribution < 1.29 is 4.79 Å². The minimum atomic E-state index is -0.203. The number of nitrogens with zero attached hydrogens (tertiary/aromatic N) is 4. The number of anilines is 1. The topological polar surface area (TPSA) is 75.1 Å². The maximum absolute atomic E-state index is 13.0. The number of halogens is 1. The Morgan fingerprint density at radius 2 is 1.92 bits per heavy atom. The summed E-state index contributed by atoms with van der Waals surface area (Å²) in [4.78, 5) is 24.2. The highest BCUT2D eigenvalue weighted by Crippen LogP contribution is 2.39. The Balaban J connectivity index is 1.43. The van der Waals surface area contributed by atoms with E-state index >= 15 is 0 Å². The molecule has 0 bridgehead atoms. The second kappa shape index (κ2) is 11.1. The Kier molecular flexibility index (Phi) is 7.48. The van der Waals surface area contributed by atoms with E-state index in [9.17, 15) is 4.79 Å². The third-order valence-corrected chi connectivity index (χ3v) is 7.07. The van der Waals surface area contributed by atoms with E-state index in [2.05, 4.69) is 38.5 Å². The van der Waals surface area contributed by atoms with Gasteiger partial charge in [0, 0.05) is 42.9 Å². The van der Waals surface area contributed by atoms with Crippen molar-refractivity contribution >= 4 is 40.5 Å². The van der Waals surface area contributed by atoms with Gasteiger partial charge in [0.15, 0.2) is 5.11 Å². The number of para-hydroxylation sites is 1. The van der Waals surface area contributed by atoms with Crippen LogP contribution in [0.15, 0.2) is 85.3 Å². The minimum absolute atomic E-state index is 0.0570. The lowest BCUT2D eigenvalue weighted by Crippen LogP contribution is -2.33. The van der Waals surface area contributed by atoms with Crippen molar-refractivity contribution in [2.75, 3.05) is 11.9 Å². The molecule has 4 heterocycles. The molecule has 7 nitrogen and oxygen atoms in total. The number of nitrogens with one attached hydrogen (secondary N) is 2. The third kappa shape index (κ3) is 5.35. The molecule has 1 aromatic carbocycles. The van der Waals surface area contributed by atoms with E-state index in [0.717, 1.165) is 34.9 Å². The van der Waals surface area contributed by atoms with Gasteiger partial charge >= 0.3 is 0 Å². The first-order valence-electron chi connectivity index (χ1n) is 12.2. The fraction of sp³-hybridized carbons (Fsp3) is 0.214. The van der Waals surface area contributed by atoms with Gasteiger partial charge in [0.2, 0.25) is 5.91 Å². The Morgan fingerprint density at radius 3 is 2.68 bits per heavy atom. The molecule has 188 valence electrons. The van der Waals surface area contributed by atoms with E-state index in [4.69, 9.17) is 23.8 Å². The van der Waals surface area contributed by atoms with Gasteiger partial charge in [-0.05, 0) is 66.7 Å². The fourth-order valence-electron chi connectivity index (χ4n) is 4.71. The standard InChI is InChI=1S/C28H27ClN6OS/c1-2-19-8-3-4-9-21(19)32-25(36)14-17-35-27(26(33-28(35)37)22-10-5-6-15-30-22)23-11-7-16-34(23)24-13-12-20(29)18-31-24/h3-13,15-16,18,26-27H,2,14,17H2,1H3,(H,32,36)(H,33,37)/t26-,27-/m0/s1. The van der Waals surface area contributed by atoms with Crippen LogP contribution in [0.25, 0.3) is 5.82 Å². The lowest BCUT2D eigenvalue weighted by atomic mass is 10.0. The number of thiocarbonyl (C=S) groups is 1. The summed E-state index contributed by atoms with van der Waals surface area (Å²) in [5, 5.41) is 7.67. The van der Waals surface area contributed by atoms with Gasteiger partial charge in [0.05, 0.1) is 22.8 Å². The highest BCUT2D eigenvalue weighted by atomic mass is 35.5. The van der Waals surface area contributed by atoms with Crippen molar-refractivity contribution in [3.05, 3.63) is 107 Å². The quantitative estimate of drug-likeness (QED) is 0.294. The summed E-state index contributed by atoms with van der Waals surface area (Å²) in [6.45, 7) is 2.52. The molecule has 5 rings (SSSR count). The van der Waals surface area contributed by atoms with Crippen LogP contribution < -0.4 is 10.6 Å². The number of hydrogen-bond donors (Lipinski definition) is 2. The molecule has 2 atom stereocenters. The molecule has 0 unspecified atom stereocenters. The van der Waals surface area contributed by atoms with Crippen LogP contribution in [-0.4, -0.2) is 37.0 Å². The van der Waals surface area contributed by atoms with Crippen LogP contribution in [0.3, 0.4) is 0 Å². The van der Waals surface area contributed by atoms with Gasteiger partial charge in [-0.2, -0.15) is 0 Å². The fourth-order valence-corrected chi connectivity index (χ4v) is 5.15. The molecule has 1 fully saturated rings. The number of aryl methyl sites for hydroxylation is 1. The number of pyridine rings is 2. The first-order valence-corrected chi connectivity index (χ1v) is 13.0. The molecule has 4 aromatic rings. The van der Waals surface area contributed by atoms with Crippen molar-refractivity contribution in [2.24, 2.45) is 0 Å². The predicted molar refractivity (Wildman–Crippen MR) is 150 cm³/mol. The van der Waals surface area contributed by atoms with Crippen LogP contribution in [0.4, 0.5) is 5.69 Å². The number of carbonyl (C=O) groups is 1. The van der Waals surface area contributed by atoms with Crippen LogP contribution in [0, 0.1) is 0 Å². The highest BCUT2D eigenvalue weighted by molar-refractivity contribution is 7.80. The van der Waals surface area contributed by atoms with Gasteiger partial charge in [-0.15, -0.1) is 0 Å². The monoisotopic (exact) mass is 530 g/mol. The minimum Gasteiger partial charge on any atom is -0.352 e. The number of rotatable bonds is 8. The molecule has 0 radical (unpaired) electrons. The highest BCUT2D eigenvalue weighted by Gasteiger charge is 2.41. The number of carbonyl (C=O) groups excluding carboxylic acids is 1. The molecule has 1 saturated heterocycles. The number of aromatic nitrogens is 3. The lowest BCUT2D eigenvalue weighted by Gasteiger charge is -2.28. The smallest absolute Gasteiger partial charge is 0.226 e. The molecular formula is C28H27ClN6OS. The molecule has 2 N–H and O–H groups in total. The first-order chi connectivity index (χ1) is 18.0. The maximum Gasteiger partial charge on any atom is 0.226 e. The maximum atomic E-state index is 13.0. The van der Waals surface area contributed by atoms with Gasteiger partial charge in [-0.3, -0.25) is 9.78 Å². The van der Waals surface area contributed by atoms with Gasteiger partial charge in [-0.25, -0.2) is 4.98 Å². The molecule has 1 aliphatic heterocycles. The van der Waals surface area contributed by atoms with Gasteiger partial charge in [0.1, 0.15) is 5.82 Å². The number of benzene rings is 1. The van der Waals surface area contributed by atoms with Crippen LogP contribution in [0.1, 0.15) is 42.4 Å². The zero-order valence-electron chi connectivity index (χ0n) is 20.3. The van der Waals surface area contributed by atoms with E-state index in [0.29, 0.717) is 16.7 Å². The largest absolute Gasteiger partial charge is 0.352 e. The molecule has 0 spiro atoms. The Labute approximate surface area is 226 Å². The van der Waals surface area contributed by atoms with E-state index in [1.54, 1.807) is 12.4 Å². The Hall–Kier alpha value is -3.75. The zero-order chi connectivity index (χ0) is 25.8. The summed E-state index contributed by atoms with van der Waals surface area (Å²) < 4.78 is 2.02. The molecule has 1 amide bonds. The van der Waals surface area contributed by atoms with Gasteiger partial charge in [-0.1, -0.05) is 42.8 Å². The SMILES string of the molecule is CCc1ccccc1NC(=O)CCN1C(=S)N[C@@H](c2ccccn2)[C@@H]1c1cccn1-c1ccc(Cl)cn1. The van der Waals surface area contributed by atoms with Gasteiger partial charge < -0.3 is 20.1 Å². The predicted octanol–water partition coefficient (Wildman–Crippen LogP) is 5.48. The Bertz CT molecular complexity index is 1390. The normalized spacial score (nSPS) is 17.0. The van der Waals surface area contributed by atoms with E-state index in [1.165, 1.54) is 0 Å². The number of hydrogen-bond acceptors (Lipinski definition) is 4. The molecule has 0 saturated carbocycles. The summed E-state index contributed by atoms with van der Waals surface area (Å²) >= 11 is 11.9. The molecule has 37 heavy (non-hydrogen) atoms. The average molecular weight is 531 g/mol. The third-order valence-electron chi connectivity index (χ3n) is 6.49. The average Bonchev–Trinajstić information content (AvgIpc) is 3.53. The van der Waals surface area contributed by atoms with Gasteiger partial charge in [0.25, 0.3) is 0 Å². The molecule has 1 aliphatic rings. The summed E-state index contributed by atoms with van der Waals surface area (Å²) in [5.74, 6) is 0.689. The molecular weight excluding hydrogens is 504 g/mol. The summed E-state index contributed by atoms with van der Waals surface area (Å²) in [6, 6.07) is 21.0. The second-order valence-electron chi connectivity index (χ2n) is 8.77. The molecule has 0 aliphatic carbocycles. The van der Waals surface area contributed by atoms with Crippen LogP contribution in [0.5, 0.6) is 0 Å². The first kappa shape index (κ1) is 24.9. The summed E-state index contributed by atoms with van der Waals surface area (Å²) in [5.41, 5.74) is 3.81. The molecule has 9 heteroatoms. The molecule has 3 aromatic heterocycles. The zero-order valence-corrected chi connectivity index (χ0v) is 21.9. The van der Waals surface area contributed by atoms with Crippen molar-refractivity contribution in [2.45, 2.75) is 31.8 Å². The summed E-state index contributed by atoms with van der Waals surface area (Å²) in [7, 11) is 0. The van der Waals surface area contributed by atoms with Crippen molar-refractivity contribution in [3.63, 3.8) is 0 Å². The second-order valence-corrected chi connectivity index (χ2v) is 9.59. The van der Waals surface area contributed by atoms with Crippen LogP contribution in [0.2, 0.25) is 5.02 Å². The van der Waals surface area contributed by atoms with Crippen LogP contribution in [-0.2, 0) is 11.2 Å². The van der Waals surface area contributed by atoms with Crippen LogP contribution >= 0.6 is 23.8 Å². The summed E-state index contributed by atoms with van der Waals surface area (Å²) in [6.07, 6.45) is 6.50. The van der Waals surface area contributed by atoms with Crippen molar-refractivity contribution in [1.82, 2.24) is 24.8 Å². The van der Waals surface area contributed by atoms with Crippen molar-refractivity contribution in [1.29, 1.82) is 0 Å². The van der Waals surface area contributed by atoms with E-state index < -0.39 is 0 Å². The van der Waals surface area contributed by atoms with Crippen molar-refractivity contribution in [3.8, 4) is 5.82 Å². The van der Waals surface area contributed by atoms with E-state index in [-0.39, 0.29) is 24.4 Å². The van der Waals surface area contributed by atoms with E-state index in [1.807, 2.05) is 71.4 Å². The Morgan fingerprint density at radius 1 is 1.08 bits per heavy atom. The lowest BCUT2D eigenvalue weighted by molar-refractivity contribution is -0.116. The number of amides is 1.